The number of benzene rings is 3. The molecule has 0 spiro atoms. The molecule has 9 nitrogen and oxygen atoms in total. The van der Waals surface area contributed by atoms with Gasteiger partial charge in [0.05, 0.1) is 27.6 Å². The Morgan fingerprint density at radius 3 is 2.13 bits per heavy atom. The van der Waals surface area contributed by atoms with Gasteiger partial charge in [0, 0.05) is 18.8 Å². The van der Waals surface area contributed by atoms with E-state index in [0.717, 1.165) is 29.1 Å². The Balaban J connectivity index is 1.57. The van der Waals surface area contributed by atoms with Crippen molar-refractivity contribution in [3.05, 3.63) is 77.3 Å². The molecule has 1 saturated heterocycles. The Morgan fingerprint density at radius 1 is 0.923 bits per heavy atom. The maximum atomic E-state index is 13.6. The summed E-state index contributed by atoms with van der Waals surface area (Å²) in [7, 11) is -6.32. The van der Waals surface area contributed by atoms with Gasteiger partial charge in [-0.1, -0.05) is 35.7 Å². The number of carbonyl (C=O) groups is 1. The number of hydrogen-bond acceptors (Lipinski definition) is 6. The molecule has 0 bridgehead atoms. The summed E-state index contributed by atoms with van der Waals surface area (Å²) in [6.07, 6.45) is 2.67. The van der Waals surface area contributed by atoms with Crippen molar-refractivity contribution < 1.29 is 26.4 Å². The molecule has 208 valence electrons. The molecule has 39 heavy (non-hydrogen) atoms. The van der Waals surface area contributed by atoms with Crippen molar-refractivity contribution >= 4 is 48.9 Å². The van der Waals surface area contributed by atoms with Crippen molar-refractivity contribution in [2.45, 2.75) is 36.0 Å². The molecular formula is C27H30ClN3O6S2. The first-order valence-electron chi connectivity index (χ1n) is 12.4. The van der Waals surface area contributed by atoms with E-state index in [9.17, 15) is 21.6 Å². The highest BCUT2D eigenvalue weighted by Crippen LogP contribution is 2.32. The molecule has 0 atom stereocenters. The Morgan fingerprint density at radius 2 is 1.54 bits per heavy atom. The van der Waals surface area contributed by atoms with Crippen LogP contribution in [-0.2, 0) is 24.8 Å². The maximum Gasteiger partial charge on any atom is 0.264 e. The van der Waals surface area contributed by atoms with E-state index in [1.54, 1.807) is 12.1 Å². The normalized spacial score (nSPS) is 14.5. The summed E-state index contributed by atoms with van der Waals surface area (Å²) in [6.45, 7) is 2.27. The number of anilines is 2. The largest absolute Gasteiger partial charge is 0.495 e. The first-order valence-corrected chi connectivity index (χ1v) is 15.6. The van der Waals surface area contributed by atoms with Crippen molar-refractivity contribution in [3.63, 3.8) is 0 Å². The average Bonchev–Trinajstić information content (AvgIpc) is 2.92. The summed E-state index contributed by atoms with van der Waals surface area (Å²) < 4.78 is 60.6. The van der Waals surface area contributed by atoms with E-state index in [1.807, 2.05) is 6.92 Å². The average molecular weight is 592 g/mol. The van der Waals surface area contributed by atoms with Crippen LogP contribution in [0.15, 0.2) is 76.5 Å². The molecule has 1 N–H and O–H groups in total. The molecule has 0 saturated carbocycles. The number of ether oxygens (including phenoxy) is 1. The van der Waals surface area contributed by atoms with E-state index in [-0.39, 0.29) is 20.5 Å². The van der Waals surface area contributed by atoms with Gasteiger partial charge in [0.1, 0.15) is 12.3 Å². The van der Waals surface area contributed by atoms with Crippen molar-refractivity contribution in [1.29, 1.82) is 0 Å². The van der Waals surface area contributed by atoms with Gasteiger partial charge in [0.25, 0.3) is 10.0 Å². The zero-order chi connectivity index (χ0) is 28.2. The summed E-state index contributed by atoms with van der Waals surface area (Å²) >= 11 is 6.26. The van der Waals surface area contributed by atoms with E-state index in [1.165, 1.54) is 66.0 Å². The van der Waals surface area contributed by atoms with Gasteiger partial charge in [-0.05, 0) is 74.4 Å². The lowest BCUT2D eigenvalue weighted by atomic mass is 10.2. The number of methoxy groups -OCH3 is 1. The molecule has 0 aliphatic carbocycles. The van der Waals surface area contributed by atoms with Crippen molar-refractivity contribution in [1.82, 2.24) is 4.31 Å². The van der Waals surface area contributed by atoms with Crippen LogP contribution in [0.25, 0.3) is 0 Å². The summed E-state index contributed by atoms with van der Waals surface area (Å²) in [5.74, 6) is -0.263. The fourth-order valence-electron chi connectivity index (χ4n) is 4.26. The molecule has 0 radical (unpaired) electrons. The quantitative estimate of drug-likeness (QED) is 0.387. The molecule has 1 aliphatic rings. The van der Waals surface area contributed by atoms with Crippen LogP contribution in [0.5, 0.6) is 5.75 Å². The van der Waals surface area contributed by atoms with Crippen LogP contribution in [0, 0.1) is 6.92 Å². The van der Waals surface area contributed by atoms with Crippen LogP contribution >= 0.6 is 11.6 Å². The van der Waals surface area contributed by atoms with E-state index < -0.39 is 32.5 Å². The third-order valence-electron chi connectivity index (χ3n) is 6.41. The lowest BCUT2D eigenvalue weighted by Gasteiger charge is -2.26. The number of nitrogens with one attached hydrogen (secondary N) is 1. The van der Waals surface area contributed by atoms with Crippen LogP contribution in [0.2, 0.25) is 5.02 Å². The number of hydrogen-bond donors (Lipinski definition) is 1. The lowest BCUT2D eigenvalue weighted by molar-refractivity contribution is -0.114. The molecule has 1 amide bonds. The van der Waals surface area contributed by atoms with Crippen LogP contribution in [-0.4, -0.2) is 53.8 Å². The summed E-state index contributed by atoms with van der Waals surface area (Å²) in [5.41, 5.74) is 1.40. The first-order chi connectivity index (χ1) is 18.5. The monoisotopic (exact) mass is 591 g/mol. The van der Waals surface area contributed by atoms with Gasteiger partial charge < -0.3 is 10.1 Å². The predicted octanol–water partition coefficient (Wildman–Crippen LogP) is 4.67. The lowest BCUT2D eigenvalue weighted by Crippen LogP contribution is -2.38. The number of rotatable bonds is 9. The third-order valence-corrected chi connectivity index (χ3v) is 10.4. The van der Waals surface area contributed by atoms with Gasteiger partial charge >= 0.3 is 0 Å². The molecule has 1 fully saturated rings. The minimum atomic E-state index is -4.14. The fraction of sp³-hybridized carbons (Fsp3) is 0.296. The van der Waals surface area contributed by atoms with Gasteiger partial charge in [0.15, 0.2) is 0 Å². The smallest absolute Gasteiger partial charge is 0.264 e. The highest BCUT2D eigenvalue weighted by molar-refractivity contribution is 7.92. The molecule has 12 heteroatoms. The number of halogens is 1. The Bertz CT molecular complexity index is 1540. The second-order valence-electron chi connectivity index (χ2n) is 9.18. The van der Waals surface area contributed by atoms with Gasteiger partial charge in [-0.2, -0.15) is 4.31 Å². The number of carbonyl (C=O) groups excluding carboxylic acids is 1. The summed E-state index contributed by atoms with van der Waals surface area (Å²) in [5, 5.41) is 2.84. The van der Waals surface area contributed by atoms with E-state index >= 15 is 0 Å². The third kappa shape index (κ3) is 6.55. The van der Waals surface area contributed by atoms with Crippen LogP contribution < -0.4 is 14.4 Å². The van der Waals surface area contributed by atoms with Gasteiger partial charge in [0.2, 0.25) is 15.9 Å². The van der Waals surface area contributed by atoms with Crippen molar-refractivity contribution in [2.24, 2.45) is 0 Å². The topological polar surface area (TPSA) is 113 Å². The van der Waals surface area contributed by atoms with E-state index in [0.29, 0.717) is 24.5 Å². The molecule has 1 aliphatic heterocycles. The zero-order valence-corrected chi connectivity index (χ0v) is 24.0. The highest BCUT2D eigenvalue weighted by atomic mass is 35.5. The van der Waals surface area contributed by atoms with Crippen molar-refractivity contribution in [2.75, 3.05) is 36.4 Å². The highest BCUT2D eigenvalue weighted by Gasteiger charge is 2.29. The summed E-state index contributed by atoms with van der Waals surface area (Å²) in [6, 6.07) is 16.6. The molecular weight excluding hydrogens is 562 g/mol. The minimum Gasteiger partial charge on any atom is -0.495 e. The predicted molar refractivity (Wildman–Crippen MR) is 151 cm³/mol. The number of sulfonamides is 2. The van der Waals surface area contributed by atoms with Gasteiger partial charge in [-0.3, -0.25) is 9.10 Å². The van der Waals surface area contributed by atoms with Crippen LogP contribution in [0.3, 0.4) is 0 Å². The Kier molecular flexibility index (Phi) is 8.85. The second kappa shape index (κ2) is 12.0. The maximum absolute atomic E-state index is 13.6. The fourth-order valence-corrected chi connectivity index (χ4v) is 7.44. The van der Waals surface area contributed by atoms with Gasteiger partial charge in [-0.25, -0.2) is 16.8 Å². The molecule has 1 heterocycles. The summed E-state index contributed by atoms with van der Waals surface area (Å²) in [4.78, 5) is 13.2. The van der Waals surface area contributed by atoms with Crippen molar-refractivity contribution in [3.8, 4) is 5.75 Å². The molecule has 3 aromatic carbocycles. The molecule has 0 aromatic heterocycles. The van der Waals surface area contributed by atoms with Crippen LogP contribution in [0.1, 0.15) is 24.8 Å². The minimum absolute atomic E-state index is 0.0140. The van der Waals surface area contributed by atoms with E-state index in [2.05, 4.69) is 5.32 Å². The molecule has 4 rings (SSSR count). The Hall–Kier alpha value is -3.12. The zero-order valence-electron chi connectivity index (χ0n) is 21.6. The Labute approximate surface area is 234 Å². The number of nitrogens with zero attached hydrogens (tertiary/aromatic N) is 2. The molecule has 0 unspecified atom stereocenters. The SMILES string of the molecule is COc1ccc(N(CC(=O)Nc2ccc(S(=O)(=O)N3CCCCC3)cc2)S(=O)(=O)c2ccc(C)cc2)cc1Cl. The molecule has 3 aromatic rings. The van der Waals surface area contributed by atoms with E-state index in [4.69, 9.17) is 16.3 Å². The second-order valence-corrected chi connectivity index (χ2v) is 13.4. The van der Waals surface area contributed by atoms with Crippen LogP contribution in [0.4, 0.5) is 11.4 Å². The number of amides is 1. The standard InChI is InChI=1S/C27H30ClN3O6S2/c1-20-6-11-24(12-7-20)39(35,36)31(22-10-15-26(37-2)25(28)18-22)19-27(32)29-21-8-13-23(14-9-21)38(33,34)30-16-4-3-5-17-30/h6-15,18H,3-5,16-17,19H2,1-2H3,(H,29,32). The number of piperidine rings is 1. The van der Waals surface area contributed by atoms with Gasteiger partial charge in [-0.15, -0.1) is 0 Å². The first kappa shape index (κ1) is 28.9. The number of aryl methyl sites for hydroxylation is 1.